The van der Waals surface area contributed by atoms with Crippen LogP contribution in [0.15, 0.2) is 28.6 Å². The predicted octanol–water partition coefficient (Wildman–Crippen LogP) is 3.12. The molecule has 0 bridgehead atoms. The first-order chi connectivity index (χ1) is 12.9. The second-order valence-corrected chi connectivity index (χ2v) is 8.39. The molecule has 2 N–H and O–H groups in total. The van der Waals surface area contributed by atoms with E-state index in [1.54, 1.807) is 11.3 Å². The van der Waals surface area contributed by atoms with E-state index in [1.165, 1.54) is 22.2 Å². The number of thiophene rings is 2. The molecule has 0 spiro atoms. The van der Waals surface area contributed by atoms with Crippen molar-refractivity contribution in [3.05, 3.63) is 39.1 Å². The summed E-state index contributed by atoms with van der Waals surface area (Å²) in [5, 5.41) is 7.30. The maximum absolute atomic E-state index is 12.9. The van der Waals surface area contributed by atoms with Gasteiger partial charge in [0.25, 0.3) is 5.56 Å². The Morgan fingerprint density at radius 1 is 1.33 bits per heavy atom. The maximum atomic E-state index is 12.9. The fourth-order valence-electron chi connectivity index (χ4n) is 2.52. The molecule has 3 heterocycles. The Hall–Kier alpha value is -2.52. The number of aryl methyl sites for hydroxylation is 1. The number of carbonyl (C=O) groups excluding carboxylic acids is 2. The summed E-state index contributed by atoms with van der Waals surface area (Å²) in [4.78, 5) is 43.9. The number of rotatable bonds is 5. The molecule has 0 unspecified atom stereocenters. The van der Waals surface area contributed by atoms with E-state index in [4.69, 9.17) is 0 Å². The summed E-state index contributed by atoms with van der Waals surface area (Å²) in [5.41, 5.74) is 0.537. The van der Waals surface area contributed by atoms with Crippen LogP contribution >= 0.6 is 22.7 Å². The van der Waals surface area contributed by atoms with Crippen molar-refractivity contribution >= 4 is 44.8 Å². The number of fused-ring (bicyclic) bond motifs is 1. The zero-order valence-corrected chi connectivity index (χ0v) is 16.9. The van der Waals surface area contributed by atoms with E-state index < -0.39 is 11.9 Å². The third-order valence-electron chi connectivity index (χ3n) is 4.12. The van der Waals surface area contributed by atoms with E-state index >= 15 is 0 Å². The lowest BCUT2D eigenvalue weighted by molar-refractivity contribution is -0.120. The van der Waals surface area contributed by atoms with Crippen LogP contribution in [0.1, 0.15) is 25.1 Å². The lowest BCUT2D eigenvalue weighted by Gasteiger charge is -2.12. The van der Waals surface area contributed by atoms with Crippen LogP contribution in [0.5, 0.6) is 0 Å². The van der Waals surface area contributed by atoms with Crippen LogP contribution in [0.4, 0.5) is 4.79 Å². The molecule has 142 valence electrons. The van der Waals surface area contributed by atoms with Crippen LogP contribution < -0.4 is 16.2 Å². The van der Waals surface area contributed by atoms with E-state index in [0.29, 0.717) is 10.2 Å². The smallest absolute Gasteiger partial charge is 0.321 e. The Kier molecular flexibility index (Phi) is 5.71. The third-order valence-corrected chi connectivity index (χ3v) is 6.04. The van der Waals surface area contributed by atoms with E-state index in [2.05, 4.69) is 15.6 Å². The molecule has 0 saturated carbocycles. The molecule has 3 aromatic rings. The first kappa shape index (κ1) is 19.2. The van der Waals surface area contributed by atoms with E-state index in [1.807, 2.05) is 38.3 Å². The predicted molar refractivity (Wildman–Crippen MR) is 108 cm³/mol. The number of hydrogen-bond acceptors (Lipinski definition) is 6. The monoisotopic (exact) mass is 404 g/mol. The number of imide groups is 1. The van der Waals surface area contributed by atoms with Crippen molar-refractivity contribution in [3.63, 3.8) is 0 Å². The van der Waals surface area contributed by atoms with Gasteiger partial charge in [-0.25, -0.2) is 9.78 Å². The number of carbonyl (C=O) groups is 2. The fourth-order valence-corrected chi connectivity index (χ4v) is 4.39. The molecular formula is C18H20N4O3S2. The second kappa shape index (κ2) is 8.01. The summed E-state index contributed by atoms with van der Waals surface area (Å²) in [6.07, 6.45) is 2.10. The molecular weight excluding hydrogens is 384 g/mol. The molecule has 3 amide bonds. The highest BCUT2D eigenvalue weighted by molar-refractivity contribution is 7.19. The van der Waals surface area contributed by atoms with E-state index in [0.717, 1.165) is 21.7 Å². The van der Waals surface area contributed by atoms with Crippen molar-refractivity contribution in [3.8, 4) is 10.4 Å². The summed E-state index contributed by atoms with van der Waals surface area (Å²) in [7, 11) is 0. The highest BCUT2D eigenvalue weighted by Gasteiger charge is 2.16. The summed E-state index contributed by atoms with van der Waals surface area (Å²) in [6, 6.07) is 3.37. The molecule has 7 nitrogen and oxygen atoms in total. The zero-order chi connectivity index (χ0) is 19.6. The van der Waals surface area contributed by atoms with Crippen molar-refractivity contribution in [2.45, 2.75) is 39.8 Å². The third kappa shape index (κ3) is 4.25. The number of nitrogens with one attached hydrogen (secondary N) is 2. The summed E-state index contributed by atoms with van der Waals surface area (Å²) in [5.74, 6) is -0.567. The fraction of sp³-hybridized carbons (Fsp3) is 0.333. The quantitative estimate of drug-likeness (QED) is 0.683. The topological polar surface area (TPSA) is 93.1 Å². The van der Waals surface area contributed by atoms with Crippen molar-refractivity contribution in [2.75, 3.05) is 0 Å². The van der Waals surface area contributed by atoms with Gasteiger partial charge >= 0.3 is 6.03 Å². The van der Waals surface area contributed by atoms with Crippen molar-refractivity contribution < 1.29 is 9.59 Å². The molecule has 3 rings (SSSR count). The van der Waals surface area contributed by atoms with E-state index in [-0.39, 0.29) is 18.1 Å². The van der Waals surface area contributed by atoms with E-state index in [9.17, 15) is 14.4 Å². The molecule has 0 aliphatic carbocycles. The normalized spacial score (nSPS) is 12.1. The SMILES string of the molecule is CC[C@H](C)NC(=O)NC(=O)Cn1cnc2scc(-c3ccc(C)s3)c2c1=O. The van der Waals surface area contributed by atoms with Gasteiger partial charge in [-0.2, -0.15) is 0 Å². The van der Waals surface area contributed by atoms with Gasteiger partial charge in [-0.15, -0.1) is 22.7 Å². The van der Waals surface area contributed by atoms with Crippen molar-refractivity contribution in [2.24, 2.45) is 0 Å². The Bertz CT molecular complexity index is 1050. The van der Waals surface area contributed by atoms with Crippen LogP contribution in [0.2, 0.25) is 0 Å². The van der Waals surface area contributed by atoms with Gasteiger partial charge in [0.2, 0.25) is 5.91 Å². The molecule has 0 aliphatic rings. The largest absolute Gasteiger partial charge is 0.335 e. The van der Waals surface area contributed by atoms with Gasteiger partial charge in [0.05, 0.1) is 11.7 Å². The second-order valence-electron chi connectivity index (χ2n) is 6.25. The van der Waals surface area contributed by atoms with Gasteiger partial charge in [-0.05, 0) is 32.4 Å². The first-order valence-electron chi connectivity index (χ1n) is 8.52. The number of urea groups is 1. The minimum absolute atomic E-state index is 0.0406. The molecule has 1 atom stereocenters. The molecule has 0 aliphatic heterocycles. The first-order valence-corrected chi connectivity index (χ1v) is 10.2. The number of hydrogen-bond donors (Lipinski definition) is 2. The molecule has 0 radical (unpaired) electrons. The summed E-state index contributed by atoms with van der Waals surface area (Å²) in [6.45, 7) is 5.51. The van der Waals surface area contributed by atoms with Gasteiger partial charge in [-0.1, -0.05) is 6.92 Å². The van der Waals surface area contributed by atoms with Gasteiger partial charge in [0.1, 0.15) is 11.4 Å². The highest BCUT2D eigenvalue weighted by atomic mass is 32.1. The lowest BCUT2D eigenvalue weighted by atomic mass is 10.2. The van der Waals surface area contributed by atoms with Crippen LogP contribution in [-0.4, -0.2) is 27.5 Å². The van der Waals surface area contributed by atoms with Gasteiger partial charge in [-0.3, -0.25) is 19.5 Å². The maximum Gasteiger partial charge on any atom is 0.321 e. The van der Waals surface area contributed by atoms with Crippen LogP contribution in [-0.2, 0) is 11.3 Å². The number of amides is 3. The zero-order valence-electron chi connectivity index (χ0n) is 15.2. The van der Waals surface area contributed by atoms with Crippen molar-refractivity contribution in [1.29, 1.82) is 0 Å². The minimum Gasteiger partial charge on any atom is -0.335 e. The van der Waals surface area contributed by atoms with Crippen molar-refractivity contribution in [1.82, 2.24) is 20.2 Å². The molecule has 0 saturated heterocycles. The molecule has 0 fully saturated rings. The standard InChI is InChI=1S/C18H20N4O3S2/c1-4-10(2)20-18(25)21-14(23)7-22-9-19-16-15(17(22)24)12(8-26-16)13-6-5-11(3)27-13/h5-6,8-10H,4,7H2,1-3H3,(H2,20,21,23,25)/t10-/m0/s1. The highest BCUT2D eigenvalue weighted by Crippen LogP contribution is 2.34. The average molecular weight is 405 g/mol. The van der Waals surface area contributed by atoms with Crippen LogP contribution in [0.25, 0.3) is 20.7 Å². The Balaban J connectivity index is 1.84. The van der Waals surface area contributed by atoms with Gasteiger partial charge in [0, 0.05) is 26.7 Å². The molecule has 0 aromatic carbocycles. The number of aromatic nitrogens is 2. The van der Waals surface area contributed by atoms with Gasteiger partial charge in [0.15, 0.2) is 0 Å². The minimum atomic E-state index is -0.568. The molecule has 27 heavy (non-hydrogen) atoms. The average Bonchev–Trinajstić information content (AvgIpc) is 3.23. The van der Waals surface area contributed by atoms with Gasteiger partial charge < -0.3 is 5.32 Å². The van der Waals surface area contributed by atoms with Crippen LogP contribution in [0, 0.1) is 6.92 Å². The molecule has 9 heteroatoms. The molecule has 3 aromatic heterocycles. The summed E-state index contributed by atoms with van der Waals surface area (Å²) >= 11 is 3.00. The Morgan fingerprint density at radius 2 is 2.11 bits per heavy atom. The Labute approximate surface area is 164 Å². The number of nitrogens with zero attached hydrogens (tertiary/aromatic N) is 2. The lowest BCUT2D eigenvalue weighted by Crippen LogP contribution is -2.45. The Morgan fingerprint density at radius 3 is 2.78 bits per heavy atom. The summed E-state index contributed by atoms with van der Waals surface area (Å²) < 4.78 is 1.23. The van der Waals surface area contributed by atoms with Crippen LogP contribution in [0.3, 0.4) is 0 Å².